The Morgan fingerprint density at radius 1 is 1.08 bits per heavy atom. The molecule has 0 aliphatic carbocycles. The van der Waals surface area contributed by atoms with E-state index in [1.807, 2.05) is 0 Å². The van der Waals surface area contributed by atoms with E-state index >= 15 is 0 Å². The third-order valence-corrected chi connectivity index (χ3v) is 3.76. The fourth-order valence-corrected chi connectivity index (χ4v) is 2.64. The second-order valence-corrected chi connectivity index (χ2v) is 5.09. The highest BCUT2D eigenvalue weighted by atomic mass is 19.1. The lowest BCUT2D eigenvalue weighted by atomic mass is 9.96. The fourth-order valence-electron chi connectivity index (χ4n) is 2.64. The molecule has 0 aliphatic heterocycles. The van der Waals surface area contributed by atoms with Crippen LogP contribution in [0.5, 0.6) is 11.5 Å². The van der Waals surface area contributed by atoms with Gasteiger partial charge in [0.05, 0.1) is 19.7 Å². The molecule has 1 heterocycles. The molecule has 0 aliphatic rings. The van der Waals surface area contributed by atoms with Crippen molar-refractivity contribution < 1.29 is 13.9 Å². The first-order valence-corrected chi connectivity index (χ1v) is 7.10. The number of pyridine rings is 1. The van der Waals surface area contributed by atoms with Crippen LogP contribution in [0.4, 0.5) is 10.2 Å². The normalized spacial score (nSPS) is 10.4. The summed E-state index contributed by atoms with van der Waals surface area (Å²) in [6, 6.07) is 11.4. The zero-order valence-electron chi connectivity index (χ0n) is 13.1. The van der Waals surface area contributed by atoms with Crippen molar-refractivity contribution in [3.63, 3.8) is 0 Å². The molecule has 0 radical (unpaired) electrons. The summed E-state index contributed by atoms with van der Waals surface area (Å²) in [5.41, 5.74) is 7.99. The van der Waals surface area contributed by atoms with Crippen LogP contribution < -0.4 is 15.2 Å². The minimum atomic E-state index is -0.358. The lowest BCUT2D eigenvalue weighted by molar-refractivity contribution is 0.356. The van der Waals surface area contributed by atoms with Crippen molar-refractivity contribution in [3.8, 4) is 28.7 Å². The molecule has 2 N–H and O–H groups in total. The number of nitrogen functional groups attached to an aromatic ring is 1. The molecule has 0 fully saturated rings. The lowest BCUT2D eigenvalue weighted by Gasteiger charge is -2.14. The van der Waals surface area contributed by atoms with Crippen molar-refractivity contribution in [2.75, 3.05) is 20.0 Å². The van der Waals surface area contributed by atoms with Crippen LogP contribution in [0.2, 0.25) is 0 Å². The molecule has 5 nitrogen and oxygen atoms in total. The van der Waals surface area contributed by atoms with Gasteiger partial charge in [-0.25, -0.2) is 9.37 Å². The SMILES string of the molecule is COc1cc2nc(N)c(C#N)c(-c3ccc(F)cc3)c2cc1OC. The largest absolute Gasteiger partial charge is 0.493 e. The Hall–Kier alpha value is -3.33. The van der Waals surface area contributed by atoms with Crippen molar-refractivity contribution in [3.05, 3.63) is 47.8 Å². The first kappa shape index (κ1) is 15.6. The Labute approximate surface area is 138 Å². The zero-order chi connectivity index (χ0) is 17.3. The van der Waals surface area contributed by atoms with Crippen LogP contribution in [0.15, 0.2) is 36.4 Å². The van der Waals surface area contributed by atoms with E-state index in [1.165, 1.54) is 26.4 Å². The molecule has 0 saturated carbocycles. The number of fused-ring (bicyclic) bond motifs is 1. The Bertz CT molecular complexity index is 963. The first-order valence-electron chi connectivity index (χ1n) is 7.10. The van der Waals surface area contributed by atoms with Crippen molar-refractivity contribution in [2.24, 2.45) is 0 Å². The van der Waals surface area contributed by atoms with Crippen molar-refractivity contribution in [1.82, 2.24) is 4.98 Å². The van der Waals surface area contributed by atoms with Gasteiger partial charge >= 0.3 is 0 Å². The summed E-state index contributed by atoms with van der Waals surface area (Å²) in [7, 11) is 3.05. The molecular weight excluding hydrogens is 309 g/mol. The third-order valence-electron chi connectivity index (χ3n) is 3.76. The molecule has 0 saturated heterocycles. The Balaban J connectivity index is 2.44. The van der Waals surface area contributed by atoms with Crippen LogP contribution in [0.3, 0.4) is 0 Å². The molecule has 2 aromatic carbocycles. The molecule has 0 unspecified atom stereocenters. The summed E-state index contributed by atoms with van der Waals surface area (Å²) >= 11 is 0. The number of hydrogen-bond donors (Lipinski definition) is 1. The highest BCUT2D eigenvalue weighted by Crippen LogP contribution is 2.39. The predicted molar refractivity (Wildman–Crippen MR) is 89.4 cm³/mol. The molecule has 24 heavy (non-hydrogen) atoms. The van der Waals surface area contributed by atoms with Crippen molar-refractivity contribution in [1.29, 1.82) is 5.26 Å². The molecule has 1 aromatic heterocycles. The highest BCUT2D eigenvalue weighted by Gasteiger charge is 2.18. The maximum atomic E-state index is 13.3. The van der Waals surface area contributed by atoms with Gasteiger partial charge < -0.3 is 15.2 Å². The molecule has 0 amide bonds. The maximum Gasteiger partial charge on any atom is 0.162 e. The van der Waals surface area contributed by atoms with Crippen molar-refractivity contribution in [2.45, 2.75) is 0 Å². The van der Waals surface area contributed by atoms with Gasteiger partial charge in [-0.2, -0.15) is 5.26 Å². The average Bonchev–Trinajstić information content (AvgIpc) is 2.60. The molecule has 3 rings (SSSR count). The number of halogens is 1. The second-order valence-electron chi connectivity index (χ2n) is 5.09. The molecule has 0 atom stereocenters. The Kier molecular flexibility index (Phi) is 3.92. The van der Waals surface area contributed by atoms with Crippen LogP contribution >= 0.6 is 0 Å². The summed E-state index contributed by atoms with van der Waals surface area (Å²) in [6.45, 7) is 0. The predicted octanol–water partition coefficient (Wildman–Crippen LogP) is 3.51. The van der Waals surface area contributed by atoms with Gasteiger partial charge in [0.25, 0.3) is 0 Å². The summed E-state index contributed by atoms with van der Waals surface area (Å²) in [5.74, 6) is 0.759. The quantitative estimate of drug-likeness (QED) is 0.797. The number of aromatic nitrogens is 1. The Morgan fingerprint density at radius 2 is 1.71 bits per heavy atom. The summed E-state index contributed by atoms with van der Waals surface area (Å²) in [6.07, 6.45) is 0. The molecule has 3 aromatic rings. The van der Waals surface area contributed by atoms with Crippen molar-refractivity contribution >= 4 is 16.7 Å². The van der Waals surface area contributed by atoms with Crippen LogP contribution in [-0.4, -0.2) is 19.2 Å². The number of nitriles is 1. The molecule has 120 valence electrons. The molecule has 0 spiro atoms. The smallest absolute Gasteiger partial charge is 0.162 e. The van der Waals surface area contributed by atoms with Gasteiger partial charge in [-0.3, -0.25) is 0 Å². The van der Waals surface area contributed by atoms with Gasteiger partial charge in [0.15, 0.2) is 11.5 Å². The van der Waals surface area contributed by atoms with Crippen LogP contribution in [0.25, 0.3) is 22.0 Å². The van der Waals surface area contributed by atoms with E-state index in [0.29, 0.717) is 33.5 Å². The number of anilines is 1. The summed E-state index contributed by atoms with van der Waals surface area (Å²) in [4.78, 5) is 4.28. The van der Waals surface area contributed by atoms with E-state index in [2.05, 4.69) is 11.1 Å². The van der Waals surface area contributed by atoms with Crippen LogP contribution in [-0.2, 0) is 0 Å². The number of hydrogen-bond acceptors (Lipinski definition) is 5. The number of ether oxygens (including phenoxy) is 2. The van der Waals surface area contributed by atoms with Crippen LogP contribution in [0.1, 0.15) is 5.56 Å². The van der Waals surface area contributed by atoms with E-state index < -0.39 is 0 Å². The van der Waals surface area contributed by atoms with E-state index in [0.717, 1.165) is 0 Å². The topological polar surface area (TPSA) is 81.2 Å². The minimum Gasteiger partial charge on any atom is -0.493 e. The maximum absolute atomic E-state index is 13.3. The first-order chi connectivity index (χ1) is 11.6. The number of nitrogens with two attached hydrogens (primary N) is 1. The highest BCUT2D eigenvalue weighted by molar-refractivity contribution is 6.01. The van der Waals surface area contributed by atoms with E-state index in [1.54, 1.807) is 24.3 Å². The van der Waals surface area contributed by atoms with E-state index in [9.17, 15) is 9.65 Å². The van der Waals surface area contributed by atoms with Gasteiger partial charge in [-0.15, -0.1) is 0 Å². The summed E-state index contributed by atoms with van der Waals surface area (Å²) < 4.78 is 23.9. The second kappa shape index (κ2) is 6.05. The van der Waals surface area contributed by atoms with Gasteiger partial charge in [-0.1, -0.05) is 12.1 Å². The fraction of sp³-hybridized carbons (Fsp3) is 0.111. The van der Waals surface area contributed by atoms with E-state index in [-0.39, 0.29) is 17.2 Å². The molecule has 0 bridgehead atoms. The molecule has 6 heteroatoms. The zero-order valence-corrected chi connectivity index (χ0v) is 13.1. The molecular formula is C18H14FN3O2. The van der Waals surface area contributed by atoms with Gasteiger partial charge in [0, 0.05) is 17.0 Å². The number of nitrogens with zero attached hydrogens (tertiary/aromatic N) is 2. The lowest BCUT2D eigenvalue weighted by Crippen LogP contribution is -2.00. The number of benzene rings is 2. The van der Waals surface area contributed by atoms with E-state index in [4.69, 9.17) is 15.2 Å². The Morgan fingerprint density at radius 3 is 2.29 bits per heavy atom. The number of rotatable bonds is 3. The monoisotopic (exact) mass is 323 g/mol. The summed E-state index contributed by atoms with van der Waals surface area (Å²) in [5, 5.41) is 10.2. The van der Waals surface area contributed by atoms with Gasteiger partial charge in [0.2, 0.25) is 0 Å². The minimum absolute atomic E-state index is 0.108. The third kappa shape index (κ3) is 2.46. The van der Waals surface area contributed by atoms with Crippen LogP contribution in [0, 0.1) is 17.1 Å². The average molecular weight is 323 g/mol. The number of methoxy groups -OCH3 is 2. The standard InChI is InChI=1S/C18H14FN3O2/c1-23-15-7-12-14(8-16(15)24-2)22-18(21)13(9-20)17(12)10-3-5-11(19)6-4-10/h3-8H,1-2H3,(H2,21,22). The van der Waals surface area contributed by atoms with Gasteiger partial charge in [0.1, 0.15) is 23.3 Å². The van der Waals surface area contributed by atoms with Gasteiger partial charge in [-0.05, 0) is 23.8 Å².